The summed E-state index contributed by atoms with van der Waals surface area (Å²) in [5.74, 6) is 0.222. The van der Waals surface area contributed by atoms with Gasteiger partial charge in [0.15, 0.2) is 0 Å². The minimum Gasteiger partial charge on any atom is -0.444 e. The molecule has 7 nitrogen and oxygen atoms in total. The highest BCUT2D eigenvalue weighted by Gasteiger charge is 2.36. The number of hydrogen-bond acceptors (Lipinski definition) is 5. The number of β-amino-alcohol motifs (C(OH)–C–C–N with tert-alkyl or cyclic N) is 1. The van der Waals surface area contributed by atoms with Gasteiger partial charge in [-0.2, -0.15) is 0 Å². The summed E-state index contributed by atoms with van der Waals surface area (Å²) in [7, 11) is 0. The lowest BCUT2D eigenvalue weighted by molar-refractivity contribution is -0.00836. The smallest absolute Gasteiger partial charge is 0.410 e. The Bertz CT molecular complexity index is 615. The lowest BCUT2D eigenvalue weighted by atomic mass is 9.80. The van der Waals surface area contributed by atoms with Gasteiger partial charge in [0.2, 0.25) is 0 Å². The molecule has 2 atom stereocenters. The first-order chi connectivity index (χ1) is 15.4. The van der Waals surface area contributed by atoms with Crippen LogP contribution in [0.4, 0.5) is 9.59 Å². The van der Waals surface area contributed by atoms with Gasteiger partial charge in [0.1, 0.15) is 11.2 Å². The zero-order valence-corrected chi connectivity index (χ0v) is 21.9. The van der Waals surface area contributed by atoms with Crippen LogP contribution in [0, 0.1) is 11.8 Å². The van der Waals surface area contributed by atoms with Crippen LogP contribution in [0.3, 0.4) is 0 Å². The first kappa shape index (κ1) is 27.7. The summed E-state index contributed by atoms with van der Waals surface area (Å²) in [5, 5.41) is 11.4. The Morgan fingerprint density at radius 2 is 1.12 bits per heavy atom. The quantitative estimate of drug-likeness (QED) is 0.542. The predicted octanol–water partition coefficient (Wildman–Crippen LogP) is 5.59. The number of carbonyl (C=O) groups excluding carboxylic acids is 2. The Labute approximate surface area is 201 Å². The molecule has 1 N–H and O–H groups in total. The zero-order valence-electron chi connectivity index (χ0n) is 21.9. The van der Waals surface area contributed by atoms with E-state index in [1.54, 1.807) is 9.80 Å². The monoisotopic (exact) mass is 468 g/mol. The molecule has 1 aliphatic carbocycles. The average Bonchev–Trinajstić information content (AvgIpc) is 2.85. The third kappa shape index (κ3) is 10.1. The molecule has 0 aromatic carbocycles. The molecule has 0 bridgehead atoms. The third-order valence-corrected chi connectivity index (χ3v) is 6.50. The average molecular weight is 469 g/mol. The van der Waals surface area contributed by atoms with Crippen molar-refractivity contribution < 1.29 is 24.2 Å². The molecular formula is C26H48N2O5. The van der Waals surface area contributed by atoms with Crippen molar-refractivity contribution in [2.24, 2.45) is 11.8 Å². The summed E-state index contributed by atoms with van der Waals surface area (Å²) in [6.07, 6.45) is 8.55. The van der Waals surface area contributed by atoms with Crippen LogP contribution in [-0.4, -0.2) is 70.6 Å². The maximum absolute atomic E-state index is 13.0. The summed E-state index contributed by atoms with van der Waals surface area (Å²) in [4.78, 5) is 29.3. The van der Waals surface area contributed by atoms with Crippen molar-refractivity contribution in [3.8, 4) is 0 Å². The molecule has 2 rings (SSSR count). The number of amides is 2. The summed E-state index contributed by atoms with van der Waals surface area (Å²) < 4.78 is 11.3. The van der Waals surface area contributed by atoms with Crippen molar-refractivity contribution in [2.45, 2.75) is 117 Å². The van der Waals surface area contributed by atoms with Crippen LogP contribution in [0.15, 0.2) is 0 Å². The Morgan fingerprint density at radius 1 is 0.697 bits per heavy atom. The minimum atomic E-state index is -0.716. The second kappa shape index (κ2) is 12.3. The largest absolute Gasteiger partial charge is 0.444 e. The molecule has 2 aliphatic rings. The van der Waals surface area contributed by atoms with Gasteiger partial charge in [0.25, 0.3) is 0 Å². The van der Waals surface area contributed by atoms with Crippen molar-refractivity contribution in [1.82, 2.24) is 9.80 Å². The fourth-order valence-electron chi connectivity index (χ4n) is 4.91. The van der Waals surface area contributed by atoms with Gasteiger partial charge in [-0.3, -0.25) is 0 Å². The van der Waals surface area contributed by atoms with Gasteiger partial charge >= 0.3 is 12.2 Å². The van der Waals surface area contributed by atoms with Gasteiger partial charge in [-0.25, -0.2) is 9.59 Å². The zero-order chi connectivity index (χ0) is 24.6. The van der Waals surface area contributed by atoms with E-state index < -0.39 is 23.4 Å². The number of ether oxygens (including phenoxy) is 2. The van der Waals surface area contributed by atoms with E-state index >= 15 is 0 Å². The molecule has 1 heterocycles. The number of rotatable bonds is 1. The molecule has 0 radical (unpaired) electrons. The highest BCUT2D eigenvalue weighted by molar-refractivity contribution is 5.69. The van der Waals surface area contributed by atoms with Crippen molar-refractivity contribution in [3.63, 3.8) is 0 Å². The highest BCUT2D eigenvalue weighted by atomic mass is 16.6. The topological polar surface area (TPSA) is 79.3 Å². The Kier molecular flexibility index (Phi) is 10.3. The van der Waals surface area contributed by atoms with Crippen LogP contribution in [-0.2, 0) is 9.47 Å². The van der Waals surface area contributed by atoms with Crippen LogP contribution < -0.4 is 0 Å². The molecule has 2 fully saturated rings. The highest BCUT2D eigenvalue weighted by Crippen LogP contribution is 2.32. The molecule has 0 aromatic heterocycles. The van der Waals surface area contributed by atoms with E-state index in [0.29, 0.717) is 32.0 Å². The van der Waals surface area contributed by atoms with Crippen LogP contribution in [0.2, 0.25) is 0 Å². The standard InChI is InChI=1S/C26H48N2O5/c1-25(2,3)32-23(30)27-16-13-17-28(24(31)33-26(4,5)6)19-22(29)21(18-27)20-14-11-9-7-8-10-12-15-20/h20-22,29H,7-19H2,1-6H3. The lowest BCUT2D eigenvalue weighted by Gasteiger charge is -2.36. The van der Waals surface area contributed by atoms with Crippen molar-refractivity contribution >= 4 is 12.2 Å². The van der Waals surface area contributed by atoms with E-state index in [1.807, 2.05) is 41.5 Å². The molecule has 1 saturated carbocycles. The van der Waals surface area contributed by atoms with E-state index in [0.717, 1.165) is 25.7 Å². The second-order valence-electron chi connectivity index (χ2n) is 11.9. The number of aliphatic hydroxyl groups excluding tert-OH is 1. The number of aliphatic hydroxyl groups is 1. The van der Waals surface area contributed by atoms with E-state index in [1.165, 1.54) is 25.7 Å². The lowest BCUT2D eigenvalue weighted by Crippen LogP contribution is -2.47. The number of hydrogen-bond donors (Lipinski definition) is 1. The van der Waals surface area contributed by atoms with Crippen LogP contribution in [0.5, 0.6) is 0 Å². The summed E-state index contributed by atoms with van der Waals surface area (Å²) in [6, 6.07) is 0. The van der Waals surface area contributed by atoms with Gasteiger partial charge in [-0.15, -0.1) is 0 Å². The minimum absolute atomic E-state index is 0.0985. The Balaban J connectivity index is 2.26. The number of carbonyl (C=O) groups is 2. The van der Waals surface area contributed by atoms with Gasteiger partial charge in [-0.1, -0.05) is 51.4 Å². The summed E-state index contributed by atoms with van der Waals surface area (Å²) >= 11 is 0. The molecule has 0 aromatic rings. The van der Waals surface area contributed by atoms with E-state index in [2.05, 4.69) is 0 Å². The molecular weight excluding hydrogens is 420 g/mol. The summed E-state index contributed by atoms with van der Waals surface area (Å²) in [6.45, 7) is 12.8. The van der Waals surface area contributed by atoms with Gasteiger partial charge in [-0.05, 0) is 53.9 Å². The van der Waals surface area contributed by atoms with Crippen molar-refractivity contribution in [3.05, 3.63) is 0 Å². The van der Waals surface area contributed by atoms with Gasteiger partial charge in [0, 0.05) is 25.6 Å². The fraction of sp³-hybridized carbons (Fsp3) is 0.923. The number of nitrogens with zero attached hydrogens (tertiary/aromatic N) is 2. The SMILES string of the molecule is CC(C)(C)OC(=O)N1CCCN(C(=O)OC(C)(C)C)CC(C2CCCCCCCC2)C(O)C1. The molecule has 1 aliphatic heterocycles. The van der Waals surface area contributed by atoms with Crippen molar-refractivity contribution in [1.29, 1.82) is 0 Å². The van der Waals surface area contributed by atoms with Crippen LogP contribution in [0.1, 0.15) is 99.3 Å². The molecule has 2 amide bonds. The second-order valence-corrected chi connectivity index (χ2v) is 11.9. The summed E-state index contributed by atoms with van der Waals surface area (Å²) in [5.41, 5.74) is -1.18. The maximum atomic E-state index is 13.0. The molecule has 33 heavy (non-hydrogen) atoms. The normalized spacial score (nSPS) is 25.1. The first-order valence-corrected chi connectivity index (χ1v) is 13.0. The fourth-order valence-corrected chi connectivity index (χ4v) is 4.91. The molecule has 2 unspecified atom stereocenters. The first-order valence-electron chi connectivity index (χ1n) is 13.0. The van der Waals surface area contributed by atoms with Gasteiger partial charge < -0.3 is 24.4 Å². The molecule has 7 heteroatoms. The Hall–Kier alpha value is -1.50. The van der Waals surface area contributed by atoms with Crippen LogP contribution >= 0.6 is 0 Å². The molecule has 1 saturated heterocycles. The van der Waals surface area contributed by atoms with Crippen LogP contribution in [0.25, 0.3) is 0 Å². The molecule has 192 valence electrons. The molecule has 0 spiro atoms. The van der Waals surface area contributed by atoms with E-state index in [-0.39, 0.29) is 18.6 Å². The van der Waals surface area contributed by atoms with Crippen molar-refractivity contribution in [2.75, 3.05) is 26.2 Å². The predicted molar refractivity (Wildman–Crippen MR) is 130 cm³/mol. The maximum Gasteiger partial charge on any atom is 0.410 e. The Morgan fingerprint density at radius 3 is 1.58 bits per heavy atom. The van der Waals surface area contributed by atoms with E-state index in [9.17, 15) is 14.7 Å². The van der Waals surface area contributed by atoms with Gasteiger partial charge in [0.05, 0.1) is 12.6 Å². The van der Waals surface area contributed by atoms with E-state index in [4.69, 9.17) is 9.47 Å². The third-order valence-electron chi connectivity index (χ3n) is 6.50.